The third-order valence-electron chi connectivity index (χ3n) is 4.19. The van der Waals surface area contributed by atoms with Crippen molar-refractivity contribution in [2.75, 3.05) is 0 Å². The van der Waals surface area contributed by atoms with Crippen LogP contribution in [0.4, 0.5) is 0 Å². The first-order valence-corrected chi connectivity index (χ1v) is 7.84. The Hall–Kier alpha value is -0.540. The SMILES string of the molecule is CCn1nc(C)c(Cl)c1CNC1CC(C)CC(C)C1. The van der Waals surface area contributed by atoms with Crippen molar-refractivity contribution in [3.63, 3.8) is 0 Å². The molecule has 1 aliphatic rings. The molecule has 0 spiro atoms. The van der Waals surface area contributed by atoms with E-state index < -0.39 is 0 Å². The quantitative estimate of drug-likeness (QED) is 0.911. The smallest absolute Gasteiger partial charge is 0.0860 e. The average Bonchev–Trinajstić information content (AvgIpc) is 2.62. The minimum Gasteiger partial charge on any atom is -0.308 e. The zero-order valence-electron chi connectivity index (χ0n) is 12.5. The monoisotopic (exact) mass is 283 g/mol. The molecule has 1 fully saturated rings. The Morgan fingerprint density at radius 2 is 1.89 bits per heavy atom. The van der Waals surface area contributed by atoms with Gasteiger partial charge in [0.25, 0.3) is 0 Å². The number of hydrogen-bond acceptors (Lipinski definition) is 2. The first-order valence-electron chi connectivity index (χ1n) is 7.46. The van der Waals surface area contributed by atoms with Gasteiger partial charge in [-0.25, -0.2) is 0 Å². The fourth-order valence-corrected chi connectivity index (χ4v) is 3.59. The summed E-state index contributed by atoms with van der Waals surface area (Å²) in [6, 6.07) is 0.621. The van der Waals surface area contributed by atoms with E-state index >= 15 is 0 Å². The predicted octanol–water partition coefficient (Wildman–Crippen LogP) is 3.78. The Bertz CT molecular complexity index is 417. The van der Waals surface area contributed by atoms with Gasteiger partial charge in [0.05, 0.1) is 16.4 Å². The lowest BCUT2D eigenvalue weighted by Crippen LogP contribution is -2.36. The first-order chi connectivity index (χ1) is 9.01. The van der Waals surface area contributed by atoms with Crippen LogP contribution in [0.3, 0.4) is 0 Å². The molecular formula is C15H26ClN3. The zero-order valence-corrected chi connectivity index (χ0v) is 13.3. The maximum absolute atomic E-state index is 6.34. The van der Waals surface area contributed by atoms with Gasteiger partial charge in [0, 0.05) is 19.1 Å². The molecule has 1 aliphatic carbocycles. The van der Waals surface area contributed by atoms with Crippen molar-refractivity contribution < 1.29 is 0 Å². The summed E-state index contributed by atoms with van der Waals surface area (Å²) in [5.41, 5.74) is 2.07. The van der Waals surface area contributed by atoms with E-state index in [1.165, 1.54) is 19.3 Å². The molecule has 19 heavy (non-hydrogen) atoms. The van der Waals surface area contributed by atoms with Crippen molar-refractivity contribution in [3.05, 3.63) is 16.4 Å². The summed E-state index contributed by atoms with van der Waals surface area (Å²) in [4.78, 5) is 0. The lowest BCUT2D eigenvalue weighted by Gasteiger charge is -2.32. The minimum absolute atomic E-state index is 0.621. The Labute approximate surface area is 121 Å². The maximum atomic E-state index is 6.34. The number of nitrogens with one attached hydrogen (secondary N) is 1. The summed E-state index contributed by atoms with van der Waals surface area (Å²) in [5, 5.41) is 8.97. The summed E-state index contributed by atoms with van der Waals surface area (Å²) in [6.07, 6.45) is 3.92. The van der Waals surface area contributed by atoms with E-state index in [0.717, 1.165) is 41.3 Å². The molecule has 4 heteroatoms. The lowest BCUT2D eigenvalue weighted by atomic mass is 9.80. The highest BCUT2D eigenvalue weighted by molar-refractivity contribution is 6.31. The van der Waals surface area contributed by atoms with Gasteiger partial charge in [0.15, 0.2) is 0 Å². The summed E-state index contributed by atoms with van der Waals surface area (Å²) < 4.78 is 2.01. The van der Waals surface area contributed by atoms with Crippen LogP contribution in [0.25, 0.3) is 0 Å². The van der Waals surface area contributed by atoms with Gasteiger partial charge in [-0.2, -0.15) is 5.10 Å². The maximum Gasteiger partial charge on any atom is 0.0860 e. The molecule has 3 nitrogen and oxygen atoms in total. The summed E-state index contributed by atoms with van der Waals surface area (Å²) in [7, 11) is 0. The molecule has 0 bridgehead atoms. The highest BCUT2D eigenvalue weighted by atomic mass is 35.5. The second kappa shape index (κ2) is 6.27. The van der Waals surface area contributed by atoms with Crippen LogP contribution in [0.15, 0.2) is 0 Å². The van der Waals surface area contributed by atoms with Crippen LogP contribution in [0.2, 0.25) is 5.02 Å². The molecule has 0 radical (unpaired) electrons. The fraction of sp³-hybridized carbons (Fsp3) is 0.800. The third-order valence-corrected chi connectivity index (χ3v) is 4.68. The molecular weight excluding hydrogens is 258 g/mol. The second-order valence-corrected chi connectivity index (χ2v) is 6.54. The van der Waals surface area contributed by atoms with Crippen molar-refractivity contribution in [1.82, 2.24) is 15.1 Å². The summed E-state index contributed by atoms with van der Waals surface area (Å²) in [6.45, 7) is 10.5. The van der Waals surface area contributed by atoms with E-state index in [1.807, 2.05) is 11.6 Å². The van der Waals surface area contributed by atoms with Gasteiger partial charge >= 0.3 is 0 Å². The highest BCUT2D eigenvalue weighted by Crippen LogP contribution is 2.29. The number of halogens is 1. The lowest BCUT2D eigenvalue weighted by molar-refractivity contribution is 0.237. The van der Waals surface area contributed by atoms with Crippen molar-refractivity contribution >= 4 is 11.6 Å². The van der Waals surface area contributed by atoms with Gasteiger partial charge in [0.2, 0.25) is 0 Å². The minimum atomic E-state index is 0.621. The number of aromatic nitrogens is 2. The third kappa shape index (κ3) is 3.51. The van der Waals surface area contributed by atoms with Crippen molar-refractivity contribution in [2.45, 2.75) is 66.1 Å². The Morgan fingerprint density at radius 1 is 1.26 bits per heavy atom. The molecule has 0 amide bonds. The van der Waals surface area contributed by atoms with E-state index in [0.29, 0.717) is 6.04 Å². The standard InChI is InChI=1S/C15H26ClN3/c1-5-19-14(15(16)12(4)18-19)9-17-13-7-10(2)6-11(3)8-13/h10-11,13,17H,5-9H2,1-4H3. The number of aryl methyl sites for hydroxylation is 2. The fourth-order valence-electron chi connectivity index (χ4n) is 3.39. The Balaban J connectivity index is 1.98. The number of rotatable bonds is 4. The normalized spacial score (nSPS) is 27.7. The summed E-state index contributed by atoms with van der Waals surface area (Å²) in [5.74, 6) is 1.66. The Morgan fingerprint density at radius 3 is 2.47 bits per heavy atom. The van der Waals surface area contributed by atoms with E-state index in [1.54, 1.807) is 0 Å². The molecule has 0 aliphatic heterocycles. The molecule has 0 saturated heterocycles. The van der Waals surface area contributed by atoms with E-state index in [2.05, 4.69) is 31.2 Å². The van der Waals surface area contributed by atoms with Crippen LogP contribution < -0.4 is 5.32 Å². The topological polar surface area (TPSA) is 29.9 Å². The van der Waals surface area contributed by atoms with E-state index in [-0.39, 0.29) is 0 Å². The number of hydrogen-bond donors (Lipinski definition) is 1. The zero-order chi connectivity index (χ0) is 14.0. The van der Waals surface area contributed by atoms with Crippen LogP contribution in [0, 0.1) is 18.8 Å². The van der Waals surface area contributed by atoms with Crippen LogP contribution in [0.1, 0.15) is 51.4 Å². The molecule has 0 aromatic carbocycles. The van der Waals surface area contributed by atoms with Gasteiger partial charge in [0.1, 0.15) is 0 Å². The van der Waals surface area contributed by atoms with Crippen LogP contribution >= 0.6 is 11.6 Å². The van der Waals surface area contributed by atoms with Crippen LogP contribution in [0.5, 0.6) is 0 Å². The Kier molecular flexibility index (Phi) is 4.91. The van der Waals surface area contributed by atoms with E-state index in [9.17, 15) is 0 Å². The second-order valence-electron chi connectivity index (χ2n) is 6.16. The molecule has 108 valence electrons. The average molecular weight is 284 g/mol. The van der Waals surface area contributed by atoms with Gasteiger partial charge in [-0.15, -0.1) is 0 Å². The molecule has 1 N–H and O–H groups in total. The van der Waals surface area contributed by atoms with Gasteiger partial charge in [-0.05, 0) is 44.9 Å². The van der Waals surface area contributed by atoms with Crippen LogP contribution in [-0.4, -0.2) is 15.8 Å². The van der Waals surface area contributed by atoms with Gasteiger partial charge in [-0.1, -0.05) is 25.4 Å². The summed E-state index contributed by atoms with van der Waals surface area (Å²) >= 11 is 6.34. The first kappa shape index (κ1) is 14.9. The molecule has 1 aromatic rings. The van der Waals surface area contributed by atoms with Crippen molar-refractivity contribution in [2.24, 2.45) is 11.8 Å². The molecule has 2 unspecified atom stereocenters. The molecule has 1 aromatic heterocycles. The van der Waals surface area contributed by atoms with Crippen molar-refractivity contribution in [1.29, 1.82) is 0 Å². The van der Waals surface area contributed by atoms with E-state index in [4.69, 9.17) is 11.6 Å². The van der Waals surface area contributed by atoms with Gasteiger partial charge < -0.3 is 5.32 Å². The number of nitrogens with zero attached hydrogens (tertiary/aromatic N) is 2. The van der Waals surface area contributed by atoms with Gasteiger partial charge in [-0.3, -0.25) is 4.68 Å². The highest BCUT2D eigenvalue weighted by Gasteiger charge is 2.24. The molecule has 1 saturated carbocycles. The molecule has 1 heterocycles. The van der Waals surface area contributed by atoms with Crippen LogP contribution in [-0.2, 0) is 13.1 Å². The van der Waals surface area contributed by atoms with Crippen molar-refractivity contribution in [3.8, 4) is 0 Å². The largest absolute Gasteiger partial charge is 0.308 e. The molecule has 2 atom stereocenters. The molecule has 2 rings (SSSR count). The predicted molar refractivity (Wildman–Crippen MR) is 80.5 cm³/mol.